The number of rotatable bonds is 2. The molecule has 0 amide bonds. The lowest BCUT2D eigenvalue weighted by molar-refractivity contribution is -0.135. The summed E-state index contributed by atoms with van der Waals surface area (Å²) in [5.74, 6) is -1.26. The van der Waals surface area contributed by atoms with Crippen LogP contribution in [0.5, 0.6) is 17.2 Å². The molecule has 1 aromatic heterocycles. The minimum absolute atomic E-state index is 0.0147. The molecule has 1 N–H and O–H groups in total. The molecule has 0 aliphatic carbocycles. The van der Waals surface area contributed by atoms with Crippen LogP contribution in [0.2, 0.25) is 0 Å². The molecule has 31 heavy (non-hydrogen) atoms. The summed E-state index contributed by atoms with van der Waals surface area (Å²) in [7, 11) is 0. The summed E-state index contributed by atoms with van der Waals surface area (Å²) in [6, 6.07) is 8.76. The summed E-state index contributed by atoms with van der Waals surface area (Å²) in [4.78, 5) is 37.1. The minimum atomic E-state index is -0.600. The molecule has 7 nitrogen and oxygen atoms in total. The van der Waals surface area contributed by atoms with Crippen molar-refractivity contribution in [3.05, 3.63) is 68.6 Å². The van der Waals surface area contributed by atoms with E-state index in [1.54, 1.807) is 6.92 Å². The van der Waals surface area contributed by atoms with Crippen LogP contribution in [-0.2, 0) is 4.79 Å². The first-order chi connectivity index (χ1) is 14.8. The van der Waals surface area contributed by atoms with E-state index in [1.807, 2.05) is 30.3 Å². The molecule has 156 valence electrons. The fourth-order valence-electron chi connectivity index (χ4n) is 4.39. The summed E-state index contributed by atoms with van der Waals surface area (Å²) in [5, 5.41) is 11.1. The van der Waals surface area contributed by atoms with Gasteiger partial charge in [-0.15, -0.1) is 0 Å². The molecule has 0 saturated carbocycles. The van der Waals surface area contributed by atoms with Crippen molar-refractivity contribution in [3.8, 4) is 17.2 Å². The highest BCUT2D eigenvalue weighted by Gasteiger charge is 2.38. The minimum Gasteiger partial charge on any atom is -0.506 e. The van der Waals surface area contributed by atoms with Crippen molar-refractivity contribution >= 4 is 28.8 Å². The zero-order chi connectivity index (χ0) is 21.9. The summed E-state index contributed by atoms with van der Waals surface area (Å²) in [5.41, 5.74) is 1.91. The van der Waals surface area contributed by atoms with E-state index in [0.717, 1.165) is 16.9 Å². The molecule has 3 heterocycles. The van der Waals surface area contributed by atoms with E-state index in [2.05, 4.69) is 0 Å². The molecule has 0 spiro atoms. The maximum Gasteiger partial charge on any atom is 0.336 e. The van der Waals surface area contributed by atoms with Gasteiger partial charge in [-0.2, -0.15) is 0 Å². The van der Waals surface area contributed by atoms with Gasteiger partial charge in [0, 0.05) is 23.1 Å². The number of ketones is 1. The number of phenols is 1. The standard InChI is InChI=1S/C24H18O7/c1-11-7-17(26)30-23-19(11)22(28)20(12(2)25)24-21(23)15(9-18(27)31-24)14-8-13-5-3-4-6-16(13)29-10-14/h3-8,15,28H,9-10H2,1-2H3/t15-/m1/s1. The summed E-state index contributed by atoms with van der Waals surface area (Å²) >= 11 is 0. The van der Waals surface area contributed by atoms with Gasteiger partial charge in [-0.3, -0.25) is 9.59 Å². The van der Waals surface area contributed by atoms with Gasteiger partial charge in [-0.05, 0) is 37.1 Å². The molecule has 2 aliphatic rings. The third kappa shape index (κ3) is 2.92. The monoisotopic (exact) mass is 418 g/mol. The number of hydrogen-bond acceptors (Lipinski definition) is 7. The number of hydrogen-bond donors (Lipinski definition) is 1. The smallest absolute Gasteiger partial charge is 0.336 e. The van der Waals surface area contributed by atoms with E-state index in [4.69, 9.17) is 13.9 Å². The van der Waals surface area contributed by atoms with E-state index in [9.17, 15) is 19.5 Å². The van der Waals surface area contributed by atoms with Crippen LogP contribution in [-0.4, -0.2) is 23.5 Å². The largest absolute Gasteiger partial charge is 0.506 e. The van der Waals surface area contributed by atoms with Crippen LogP contribution < -0.4 is 15.1 Å². The van der Waals surface area contributed by atoms with Crippen LogP contribution >= 0.6 is 0 Å². The number of ether oxygens (including phenoxy) is 2. The quantitative estimate of drug-likeness (QED) is 0.292. The average Bonchev–Trinajstić information content (AvgIpc) is 2.71. The van der Waals surface area contributed by atoms with Crippen LogP contribution in [0.15, 0.2) is 45.1 Å². The first kappa shape index (κ1) is 19.1. The summed E-state index contributed by atoms with van der Waals surface area (Å²) in [6.45, 7) is 3.16. The lowest BCUT2D eigenvalue weighted by Crippen LogP contribution is -2.26. The Kier molecular flexibility index (Phi) is 4.22. The van der Waals surface area contributed by atoms with E-state index in [0.29, 0.717) is 11.1 Å². The Labute approximate surface area is 176 Å². The first-order valence-electron chi connectivity index (χ1n) is 9.82. The van der Waals surface area contributed by atoms with Crippen LogP contribution in [0.3, 0.4) is 0 Å². The molecular weight excluding hydrogens is 400 g/mol. The number of phenolic OH excluding ortho intramolecular Hbond substituents is 1. The van der Waals surface area contributed by atoms with E-state index < -0.39 is 23.3 Å². The van der Waals surface area contributed by atoms with Gasteiger partial charge >= 0.3 is 11.6 Å². The predicted molar refractivity (Wildman–Crippen MR) is 112 cm³/mol. The third-order valence-electron chi connectivity index (χ3n) is 5.74. The van der Waals surface area contributed by atoms with Gasteiger partial charge in [0.2, 0.25) is 0 Å². The number of carbonyl (C=O) groups excluding carboxylic acids is 2. The second-order valence-corrected chi connectivity index (χ2v) is 7.75. The Balaban J connectivity index is 1.86. The van der Waals surface area contributed by atoms with Crippen molar-refractivity contribution in [1.82, 2.24) is 0 Å². The molecule has 0 unspecified atom stereocenters. The lowest BCUT2D eigenvalue weighted by atomic mass is 9.81. The van der Waals surface area contributed by atoms with Gasteiger partial charge in [0.1, 0.15) is 29.3 Å². The van der Waals surface area contributed by atoms with E-state index >= 15 is 0 Å². The number of carbonyl (C=O) groups is 2. The highest BCUT2D eigenvalue weighted by molar-refractivity contribution is 6.09. The molecule has 2 aromatic carbocycles. The number of aromatic hydroxyl groups is 1. The molecule has 0 fully saturated rings. The van der Waals surface area contributed by atoms with Gasteiger partial charge in [0.05, 0.1) is 11.8 Å². The van der Waals surface area contributed by atoms with Crippen molar-refractivity contribution in [1.29, 1.82) is 0 Å². The number of benzene rings is 2. The van der Waals surface area contributed by atoms with Crippen molar-refractivity contribution in [2.24, 2.45) is 0 Å². The Morgan fingerprint density at radius 3 is 2.74 bits per heavy atom. The van der Waals surface area contributed by atoms with Crippen LogP contribution in [0, 0.1) is 6.92 Å². The molecule has 0 radical (unpaired) electrons. The molecule has 0 saturated heterocycles. The zero-order valence-corrected chi connectivity index (χ0v) is 16.9. The van der Waals surface area contributed by atoms with Gasteiger partial charge in [-0.25, -0.2) is 4.79 Å². The van der Waals surface area contributed by atoms with Crippen LogP contribution in [0.4, 0.5) is 0 Å². The van der Waals surface area contributed by atoms with Crippen molar-refractivity contribution in [2.75, 3.05) is 6.61 Å². The average molecular weight is 418 g/mol. The Morgan fingerprint density at radius 1 is 1.19 bits per heavy atom. The van der Waals surface area contributed by atoms with Gasteiger partial charge in [0.15, 0.2) is 11.5 Å². The van der Waals surface area contributed by atoms with E-state index in [1.165, 1.54) is 13.0 Å². The molecule has 5 rings (SSSR count). The number of para-hydroxylation sites is 1. The summed E-state index contributed by atoms with van der Waals surface area (Å²) < 4.78 is 16.8. The summed E-state index contributed by atoms with van der Waals surface area (Å²) in [6.07, 6.45) is 1.92. The lowest BCUT2D eigenvalue weighted by Gasteiger charge is -2.30. The Hall–Kier alpha value is -3.87. The SMILES string of the molecule is CC(=O)c1c2c(c3oc(=O)cc(C)c3c1O)[C@@H](C1=Cc3ccccc3OC1)CC(=O)O2. The van der Waals surface area contributed by atoms with Gasteiger partial charge in [-0.1, -0.05) is 18.2 Å². The Bertz CT molecular complexity index is 1380. The second kappa shape index (κ2) is 6.84. The van der Waals surface area contributed by atoms with E-state index in [-0.39, 0.29) is 41.1 Å². The maximum atomic E-state index is 12.5. The molecule has 2 aliphatic heterocycles. The van der Waals surface area contributed by atoms with Crippen LogP contribution in [0.1, 0.15) is 46.3 Å². The zero-order valence-electron chi connectivity index (χ0n) is 16.9. The number of aryl methyl sites for hydroxylation is 1. The third-order valence-corrected chi connectivity index (χ3v) is 5.74. The van der Waals surface area contributed by atoms with Crippen molar-refractivity contribution in [2.45, 2.75) is 26.2 Å². The maximum absolute atomic E-state index is 12.5. The fourth-order valence-corrected chi connectivity index (χ4v) is 4.39. The highest BCUT2D eigenvalue weighted by atomic mass is 16.5. The number of esters is 1. The molecular formula is C24H18O7. The Morgan fingerprint density at radius 2 is 1.97 bits per heavy atom. The van der Waals surface area contributed by atoms with Crippen molar-refractivity contribution in [3.63, 3.8) is 0 Å². The molecule has 1 atom stereocenters. The van der Waals surface area contributed by atoms with Gasteiger partial charge in [0.25, 0.3) is 0 Å². The highest BCUT2D eigenvalue weighted by Crippen LogP contribution is 2.50. The molecule has 3 aromatic rings. The molecule has 0 bridgehead atoms. The molecule has 7 heteroatoms. The number of fused-ring (bicyclic) bond motifs is 4. The predicted octanol–water partition coefficient (Wildman–Crippen LogP) is 3.88. The topological polar surface area (TPSA) is 103 Å². The normalized spacial score (nSPS) is 17.3. The number of Topliss-reactive ketones (excluding diaryl/α,β-unsaturated/α-hetero) is 1. The second-order valence-electron chi connectivity index (χ2n) is 7.75. The van der Waals surface area contributed by atoms with Gasteiger partial charge < -0.3 is 19.0 Å². The van der Waals surface area contributed by atoms with Crippen molar-refractivity contribution < 1.29 is 28.6 Å². The fraction of sp³-hybridized carbons (Fsp3) is 0.208. The van der Waals surface area contributed by atoms with Crippen LogP contribution in [0.25, 0.3) is 17.0 Å². The first-order valence-corrected chi connectivity index (χ1v) is 9.82.